The molecule has 1 aliphatic heterocycles. The van der Waals surface area contributed by atoms with Gasteiger partial charge >= 0.3 is 0 Å². The van der Waals surface area contributed by atoms with Crippen molar-refractivity contribution in [2.45, 2.75) is 38.3 Å². The molecule has 1 aliphatic carbocycles. The first kappa shape index (κ1) is 19.9. The van der Waals surface area contributed by atoms with E-state index < -0.39 is 18.0 Å². The molecular weight excluding hydrogens is 397 g/mol. The van der Waals surface area contributed by atoms with Crippen molar-refractivity contribution >= 4 is 22.8 Å². The molecule has 3 N–H and O–H groups in total. The molecule has 3 aromatic rings. The number of nitrogens with zero attached hydrogens (tertiary/aromatic N) is 3. The number of rotatable bonds is 5. The van der Waals surface area contributed by atoms with Crippen molar-refractivity contribution in [2.24, 2.45) is 11.3 Å². The van der Waals surface area contributed by atoms with Crippen molar-refractivity contribution in [2.75, 3.05) is 18.0 Å². The largest absolute Gasteiger partial charge is 0.386 e. The summed E-state index contributed by atoms with van der Waals surface area (Å²) in [6.45, 7) is 3.27. The Morgan fingerprint density at radius 3 is 2.97 bits per heavy atom. The zero-order chi connectivity index (χ0) is 21.6. The maximum atomic E-state index is 13.5. The van der Waals surface area contributed by atoms with Crippen LogP contribution in [0, 0.1) is 17.2 Å². The van der Waals surface area contributed by atoms with Crippen molar-refractivity contribution in [1.82, 2.24) is 20.3 Å². The molecule has 0 radical (unpaired) electrons. The average Bonchev–Trinajstić information content (AvgIpc) is 3.34. The van der Waals surface area contributed by atoms with Crippen LogP contribution in [-0.4, -0.2) is 45.1 Å². The first-order chi connectivity index (χ1) is 15.0. The standard InChI is InChI=1S/C23H26FN5O2/c1-14(19(30)15-3-2-4-16(24)11-15)28-22(31)18-6-10-29(12-23(18)7-8-23)21-17-5-9-25-20(17)26-13-27-21/h2-5,9,11,13-14,18-19,30H,6-8,10,12H2,1H3,(H,28,31)(H,25,26,27)/t14-,18+,19+/m0/s1. The molecule has 1 saturated carbocycles. The zero-order valence-corrected chi connectivity index (χ0v) is 17.4. The summed E-state index contributed by atoms with van der Waals surface area (Å²) in [6, 6.07) is 7.34. The molecule has 162 valence electrons. The molecule has 8 heteroatoms. The molecular formula is C23H26FN5O2. The van der Waals surface area contributed by atoms with Crippen LogP contribution in [0.1, 0.15) is 37.9 Å². The molecule has 2 aromatic heterocycles. The highest BCUT2D eigenvalue weighted by atomic mass is 19.1. The molecule has 31 heavy (non-hydrogen) atoms. The zero-order valence-electron chi connectivity index (χ0n) is 17.4. The number of carbonyl (C=O) groups excluding carboxylic acids is 1. The van der Waals surface area contributed by atoms with Crippen molar-refractivity contribution in [3.8, 4) is 0 Å². The number of carbonyl (C=O) groups is 1. The first-order valence-corrected chi connectivity index (χ1v) is 10.7. The van der Waals surface area contributed by atoms with E-state index in [2.05, 4.69) is 25.2 Å². The number of hydrogen-bond acceptors (Lipinski definition) is 5. The molecule has 2 aliphatic rings. The van der Waals surface area contributed by atoms with Crippen LogP contribution >= 0.6 is 0 Å². The van der Waals surface area contributed by atoms with E-state index in [1.807, 2.05) is 12.3 Å². The van der Waals surface area contributed by atoms with Gasteiger partial charge in [-0.2, -0.15) is 0 Å². The molecule has 7 nitrogen and oxygen atoms in total. The molecule has 0 bridgehead atoms. The number of aromatic nitrogens is 3. The van der Waals surface area contributed by atoms with E-state index in [0.29, 0.717) is 5.56 Å². The van der Waals surface area contributed by atoms with Crippen molar-refractivity contribution < 1.29 is 14.3 Å². The number of aliphatic hydroxyl groups excluding tert-OH is 1. The number of fused-ring (bicyclic) bond motifs is 1. The minimum absolute atomic E-state index is 0.0328. The summed E-state index contributed by atoms with van der Waals surface area (Å²) in [5.41, 5.74) is 1.22. The molecule has 1 aromatic carbocycles. The number of anilines is 1. The number of amides is 1. The Hall–Kier alpha value is -3.00. The summed E-state index contributed by atoms with van der Waals surface area (Å²) in [6.07, 6.45) is 5.21. The molecule has 3 atom stereocenters. The van der Waals surface area contributed by atoms with Crippen molar-refractivity contribution in [1.29, 1.82) is 0 Å². The average molecular weight is 423 g/mol. The van der Waals surface area contributed by atoms with Gasteiger partial charge in [0.15, 0.2) is 0 Å². The van der Waals surface area contributed by atoms with Gasteiger partial charge in [-0.05, 0) is 55.4 Å². The van der Waals surface area contributed by atoms with Gasteiger partial charge in [0, 0.05) is 25.2 Å². The summed E-state index contributed by atoms with van der Waals surface area (Å²) in [5.74, 6) is 0.371. The highest BCUT2D eigenvalue weighted by Gasteiger charge is 2.55. The van der Waals surface area contributed by atoms with Gasteiger partial charge < -0.3 is 20.3 Å². The highest BCUT2D eigenvalue weighted by molar-refractivity contribution is 5.87. The Balaban J connectivity index is 1.28. The van der Waals surface area contributed by atoms with E-state index in [0.717, 1.165) is 49.2 Å². The van der Waals surface area contributed by atoms with Crippen molar-refractivity contribution in [3.63, 3.8) is 0 Å². The summed E-state index contributed by atoms with van der Waals surface area (Å²) >= 11 is 0. The second-order valence-corrected chi connectivity index (χ2v) is 8.86. The van der Waals surface area contributed by atoms with Gasteiger partial charge in [-0.3, -0.25) is 4.79 Å². The molecule has 2 fully saturated rings. The van der Waals surface area contributed by atoms with Crippen LogP contribution < -0.4 is 10.2 Å². The Morgan fingerprint density at radius 1 is 1.35 bits per heavy atom. The smallest absolute Gasteiger partial charge is 0.224 e. The summed E-state index contributed by atoms with van der Waals surface area (Å²) in [7, 11) is 0. The Morgan fingerprint density at radius 2 is 2.19 bits per heavy atom. The maximum Gasteiger partial charge on any atom is 0.224 e. The van der Waals surface area contributed by atoms with Crippen LogP contribution in [0.15, 0.2) is 42.9 Å². The van der Waals surface area contributed by atoms with Gasteiger partial charge in [0.2, 0.25) is 5.91 Å². The van der Waals surface area contributed by atoms with E-state index in [-0.39, 0.29) is 17.2 Å². The van der Waals surface area contributed by atoms with E-state index in [4.69, 9.17) is 0 Å². The van der Waals surface area contributed by atoms with Gasteiger partial charge in [0.25, 0.3) is 0 Å². The Labute approximate surface area is 179 Å². The number of benzene rings is 1. The lowest BCUT2D eigenvalue weighted by atomic mass is 9.81. The topological polar surface area (TPSA) is 94.1 Å². The van der Waals surface area contributed by atoms with Crippen LogP contribution in [0.25, 0.3) is 11.0 Å². The lowest BCUT2D eigenvalue weighted by Gasteiger charge is -2.39. The minimum Gasteiger partial charge on any atom is -0.386 e. The predicted octanol–water partition coefficient (Wildman–Crippen LogP) is 2.94. The van der Waals surface area contributed by atoms with Crippen LogP contribution in [0.5, 0.6) is 0 Å². The maximum absolute atomic E-state index is 13.5. The summed E-state index contributed by atoms with van der Waals surface area (Å²) < 4.78 is 13.5. The highest BCUT2D eigenvalue weighted by Crippen LogP contribution is 2.56. The van der Waals surface area contributed by atoms with Gasteiger partial charge in [0.1, 0.15) is 23.6 Å². The number of nitrogens with one attached hydrogen (secondary N) is 2. The fourth-order valence-corrected chi connectivity index (χ4v) is 4.91. The number of halogens is 1. The van der Waals surface area contributed by atoms with Gasteiger partial charge in [-0.15, -0.1) is 0 Å². The van der Waals surface area contributed by atoms with Gasteiger partial charge in [-0.1, -0.05) is 12.1 Å². The third-order valence-corrected chi connectivity index (χ3v) is 6.81. The van der Waals surface area contributed by atoms with Crippen LogP contribution in [0.4, 0.5) is 10.2 Å². The number of hydrogen-bond donors (Lipinski definition) is 3. The van der Waals surface area contributed by atoms with Crippen molar-refractivity contribution in [3.05, 3.63) is 54.2 Å². The van der Waals surface area contributed by atoms with E-state index in [9.17, 15) is 14.3 Å². The number of aliphatic hydroxyl groups is 1. The number of aromatic amines is 1. The number of H-pyrrole nitrogens is 1. The lowest BCUT2D eigenvalue weighted by Crippen LogP contribution is -2.50. The Kier molecular flexibility index (Phi) is 4.89. The van der Waals surface area contributed by atoms with Crippen LogP contribution in [-0.2, 0) is 4.79 Å². The van der Waals surface area contributed by atoms with E-state index >= 15 is 0 Å². The quantitative estimate of drug-likeness (QED) is 0.587. The normalized spacial score (nSPS) is 21.8. The molecule has 5 rings (SSSR count). The Bertz CT molecular complexity index is 1110. The second kappa shape index (κ2) is 7.60. The van der Waals surface area contributed by atoms with Crippen LogP contribution in [0.2, 0.25) is 0 Å². The van der Waals surface area contributed by atoms with Gasteiger partial charge in [-0.25, -0.2) is 14.4 Å². The lowest BCUT2D eigenvalue weighted by molar-refractivity contribution is -0.129. The monoisotopic (exact) mass is 423 g/mol. The molecule has 1 amide bonds. The molecule has 3 heterocycles. The van der Waals surface area contributed by atoms with E-state index in [1.165, 1.54) is 12.1 Å². The second-order valence-electron chi connectivity index (χ2n) is 8.86. The van der Waals surface area contributed by atoms with Crippen LogP contribution in [0.3, 0.4) is 0 Å². The number of piperidine rings is 1. The SMILES string of the molecule is C[C@H](NC(=O)[C@H]1CCN(c2ncnc3[nH]ccc23)CC12CC2)[C@@H](O)c1cccc(F)c1. The molecule has 1 spiro atoms. The van der Waals surface area contributed by atoms with Gasteiger partial charge in [0.05, 0.1) is 17.5 Å². The summed E-state index contributed by atoms with van der Waals surface area (Å²) in [4.78, 5) is 27.3. The summed E-state index contributed by atoms with van der Waals surface area (Å²) in [5, 5.41) is 14.5. The fourth-order valence-electron chi connectivity index (χ4n) is 4.91. The predicted molar refractivity (Wildman–Crippen MR) is 115 cm³/mol. The van der Waals surface area contributed by atoms with E-state index in [1.54, 1.807) is 25.4 Å². The first-order valence-electron chi connectivity index (χ1n) is 10.7. The minimum atomic E-state index is -0.960. The molecule has 1 saturated heterocycles. The third-order valence-electron chi connectivity index (χ3n) is 6.81. The fraction of sp³-hybridized carbons (Fsp3) is 0.435. The third kappa shape index (κ3) is 3.65. The molecule has 0 unspecified atom stereocenters.